The van der Waals surface area contributed by atoms with Crippen LogP contribution in [0.25, 0.3) is 0 Å². The van der Waals surface area contributed by atoms with Crippen molar-refractivity contribution in [1.82, 2.24) is 4.90 Å². The van der Waals surface area contributed by atoms with Crippen LogP contribution in [0.2, 0.25) is 0 Å². The Morgan fingerprint density at radius 3 is 2.56 bits per heavy atom. The second-order valence-corrected chi connectivity index (χ2v) is 5.91. The zero-order valence-electron chi connectivity index (χ0n) is 11.2. The van der Waals surface area contributed by atoms with Gasteiger partial charge in [-0.3, -0.25) is 0 Å². The molecular weight excluding hydrogens is 238 g/mol. The Labute approximate surface area is 114 Å². The van der Waals surface area contributed by atoms with Gasteiger partial charge in [-0.05, 0) is 42.9 Å². The van der Waals surface area contributed by atoms with Crippen molar-refractivity contribution in [1.29, 1.82) is 0 Å². The van der Waals surface area contributed by atoms with Crippen LogP contribution in [0.3, 0.4) is 0 Å². The minimum absolute atomic E-state index is 0.670. The van der Waals surface area contributed by atoms with Crippen LogP contribution < -0.4 is 0 Å². The number of rotatable bonds is 6. The summed E-state index contributed by atoms with van der Waals surface area (Å²) < 4.78 is 0. The lowest BCUT2D eigenvalue weighted by atomic mass is 10.1. The Bertz CT molecular complexity index is 435. The fourth-order valence-electron chi connectivity index (χ4n) is 2.10. The van der Waals surface area contributed by atoms with Crippen LogP contribution in [0.4, 0.5) is 0 Å². The van der Waals surface area contributed by atoms with E-state index in [9.17, 15) is 0 Å². The molecule has 0 aliphatic carbocycles. The summed E-state index contributed by atoms with van der Waals surface area (Å²) in [5.74, 6) is 0.670. The van der Waals surface area contributed by atoms with Crippen molar-refractivity contribution < 1.29 is 0 Å². The first-order valence-electron chi connectivity index (χ1n) is 6.51. The van der Waals surface area contributed by atoms with E-state index in [1.807, 2.05) is 11.3 Å². The molecule has 96 valence electrons. The molecule has 1 atom stereocenters. The maximum absolute atomic E-state index is 2.40. The summed E-state index contributed by atoms with van der Waals surface area (Å²) in [6.45, 7) is 4.51. The van der Waals surface area contributed by atoms with E-state index < -0.39 is 0 Å². The lowest BCUT2D eigenvalue weighted by Gasteiger charge is -2.19. The summed E-state index contributed by atoms with van der Waals surface area (Å²) in [4.78, 5) is 3.91. The number of hydrogen-bond donors (Lipinski definition) is 0. The fraction of sp³-hybridized carbons (Fsp3) is 0.375. The molecule has 0 bridgehead atoms. The third-order valence-corrected chi connectivity index (χ3v) is 4.37. The third kappa shape index (κ3) is 3.97. The largest absolute Gasteiger partial charge is 0.302 e. The first-order chi connectivity index (χ1) is 8.75. The topological polar surface area (TPSA) is 3.24 Å². The molecule has 0 fully saturated rings. The SMILES string of the molecule is C[C@@H](CCN(C)Cc1ccccc1)c1cccs1. The molecule has 0 spiro atoms. The van der Waals surface area contributed by atoms with E-state index in [0.717, 1.165) is 13.1 Å². The number of benzene rings is 1. The molecule has 0 amide bonds. The van der Waals surface area contributed by atoms with Crippen molar-refractivity contribution in [2.45, 2.75) is 25.8 Å². The Morgan fingerprint density at radius 2 is 1.89 bits per heavy atom. The van der Waals surface area contributed by atoms with Gasteiger partial charge in [0.2, 0.25) is 0 Å². The second-order valence-electron chi connectivity index (χ2n) is 4.93. The summed E-state index contributed by atoms with van der Waals surface area (Å²) in [6.07, 6.45) is 1.23. The maximum atomic E-state index is 2.40. The van der Waals surface area contributed by atoms with Crippen LogP contribution in [-0.4, -0.2) is 18.5 Å². The highest BCUT2D eigenvalue weighted by molar-refractivity contribution is 7.10. The smallest absolute Gasteiger partial charge is 0.0230 e. The molecule has 0 saturated carbocycles. The lowest BCUT2D eigenvalue weighted by molar-refractivity contribution is 0.314. The van der Waals surface area contributed by atoms with Gasteiger partial charge in [0.1, 0.15) is 0 Å². The van der Waals surface area contributed by atoms with Gasteiger partial charge in [0, 0.05) is 11.4 Å². The molecule has 2 heteroatoms. The molecule has 0 saturated heterocycles. The first-order valence-corrected chi connectivity index (χ1v) is 7.39. The molecule has 18 heavy (non-hydrogen) atoms. The van der Waals surface area contributed by atoms with E-state index in [4.69, 9.17) is 0 Å². The fourth-order valence-corrected chi connectivity index (χ4v) is 2.92. The zero-order valence-corrected chi connectivity index (χ0v) is 12.0. The minimum Gasteiger partial charge on any atom is -0.302 e. The highest BCUT2D eigenvalue weighted by atomic mass is 32.1. The minimum atomic E-state index is 0.670. The van der Waals surface area contributed by atoms with Gasteiger partial charge in [-0.1, -0.05) is 43.3 Å². The third-order valence-electron chi connectivity index (χ3n) is 3.27. The average Bonchev–Trinajstić information content (AvgIpc) is 2.91. The van der Waals surface area contributed by atoms with Gasteiger partial charge in [-0.25, -0.2) is 0 Å². The summed E-state index contributed by atoms with van der Waals surface area (Å²) >= 11 is 1.87. The van der Waals surface area contributed by atoms with Crippen molar-refractivity contribution in [3.8, 4) is 0 Å². The molecule has 2 aromatic rings. The highest BCUT2D eigenvalue weighted by Gasteiger charge is 2.08. The van der Waals surface area contributed by atoms with Crippen molar-refractivity contribution >= 4 is 11.3 Å². The number of thiophene rings is 1. The monoisotopic (exact) mass is 259 g/mol. The summed E-state index contributed by atoms with van der Waals surface area (Å²) in [7, 11) is 2.20. The van der Waals surface area contributed by atoms with E-state index in [2.05, 4.69) is 66.7 Å². The number of hydrogen-bond acceptors (Lipinski definition) is 2. The van der Waals surface area contributed by atoms with Gasteiger partial charge in [-0.15, -0.1) is 11.3 Å². The zero-order chi connectivity index (χ0) is 12.8. The molecule has 2 rings (SSSR count). The maximum Gasteiger partial charge on any atom is 0.0230 e. The highest BCUT2D eigenvalue weighted by Crippen LogP contribution is 2.23. The average molecular weight is 259 g/mol. The van der Waals surface area contributed by atoms with E-state index in [1.54, 1.807) is 0 Å². The van der Waals surface area contributed by atoms with E-state index in [1.165, 1.54) is 16.9 Å². The van der Waals surface area contributed by atoms with Gasteiger partial charge < -0.3 is 4.90 Å². The van der Waals surface area contributed by atoms with Crippen LogP contribution in [0, 0.1) is 0 Å². The molecule has 1 nitrogen and oxygen atoms in total. The van der Waals surface area contributed by atoms with Crippen LogP contribution in [0.5, 0.6) is 0 Å². The predicted molar refractivity (Wildman–Crippen MR) is 80.1 cm³/mol. The van der Waals surface area contributed by atoms with Gasteiger partial charge >= 0.3 is 0 Å². The summed E-state index contributed by atoms with van der Waals surface area (Å²) in [5.41, 5.74) is 1.39. The molecule has 1 aromatic carbocycles. The normalized spacial score (nSPS) is 12.8. The Hall–Kier alpha value is -1.12. The first kappa shape index (κ1) is 13.3. The Kier molecular flexibility index (Phi) is 4.97. The molecule has 0 unspecified atom stereocenters. The molecular formula is C16H21NS. The molecule has 1 aromatic heterocycles. The Balaban J connectivity index is 1.77. The van der Waals surface area contributed by atoms with Gasteiger partial charge in [0.15, 0.2) is 0 Å². The quantitative estimate of drug-likeness (QED) is 0.744. The molecule has 0 radical (unpaired) electrons. The van der Waals surface area contributed by atoms with Crippen molar-refractivity contribution in [3.05, 3.63) is 58.3 Å². The predicted octanol–water partition coefficient (Wildman–Crippen LogP) is 4.37. The van der Waals surface area contributed by atoms with Crippen molar-refractivity contribution in [3.63, 3.8) is 0 Å². The van der Waals surface area contributed by atoms with Crippen LogP contribution in [0.1, 0.15) is 29.7 Å². The molecule has 0 N–H and O–H groups in total. The Morgan fingerprint density at radius 1 is 1.11 bits per heavy atom. The van der Waals surface area contributed by atoms with E-state index >= 15 is 0 Å². The van der Waals surface area contributed by atoms with Gasteiger partial charge in [-0.2, -0.15) is 0 Å². The van der Waals surface area contributed by atoms with Crippen LogP contribution in [-0.2, 0) is 6.54 Å². The van der Waals surface area contributed by atoms with Crippen LogP contribution >= 0.6 is 11.3 Å². The lowest BCUT2D eigenvalue weighted by Crippen LogP contribution is -2.20. The summed E-state index contributed by atoms with van der Waals surface area (Å²) in [5, 5.41) is 2.17. The van der Waals surface area contributed by atoms with Gasteiger partial charge in [0.05, 0.1) is 0 Å². The number of nitrogens with zero attached hydrogens (tertiary/aromatic N) is 1. The summed E-state index contributed by atoms with van der Waals surface area (Å²) in [6, 6.07) is 15.1. The van der Waals surface area contributed by atoms with Crippen molar-refractivity contribution in [2.24, 2.45) is 0 Å². The molecule has 0 aliphatic heterocycles. The van der Waals surface area contributed by atoms with E-state index in [0.29, 0.717) is 5.92 Å². The van der Waals surface area contributed by atoms with Crippen LogP contribution in [0.15, 0.2) is 47.8 Å². The van der Waals surface area contributed by atoms with Gasteiger partial charge in [0.25, 0.3) is 0 Å². The molecule has 0 aliphatic rings. The second kappa shape index (κ2) is 6.72. The van der Waals surface area contributed by atoms with E-state index in [-0.39, 0.29) is 0 Å². The van der Waals surface area contributed by atoms with Crippen molar-refractivity contribution in [2.75, 3.05) is 13.6 Å². The molecule has 1 heterocycles. The standard InChI is InChI=1S/C16H21NS/c1-14(16-9-6-12-18-16)10-11-17(2)13-15-7-4-3-5-8-15/h3-9,12,14H,10-11,13H2,1-2H3/t14-/m0/s1.